The van der Waals surface area contributed by atoms with Gasteiger partial charge in [0.2, 0.25) is 0 Å². The average molecular weight is 412 g/mol. The number of halogens is 1. The zero-order chi connectivity index (χ0) is 20.8. The van der Waals surface area contributed by atoms with Gasteiger partial charge in [-0.1, -0.05) is 0 Å². The molecule has 0 saturated heterocycles. The fraction of sp³-hybridized carbons (Fsp3) is 0.190. The molecule has 0 unspecified atom stereocenters. The quantitative estimate of drug-likeness (QED) is 0.609. The van der Waals surface area contributed by atoms with Crippen LogP contribution in [0.4, 0.5) is 15.8 Å². The number of nitrogens with one attached hydrogen (secondary N) is 2. The lowest BCUT2D eigenvalue weighted by Gasteiger charge is -2.13. The topological polar surface area (TPSA) is 74.3 Å². The molecule has 0 bridgehead atoms. The Morgan fingerprint density at radius 2 is 1.72 bits per heavy atom. The van der Waals surface area contributed by atoms with Gasteiger partial charge in [-0.05, 0) is 48.5 Å². The van der Waals surface area contributed by atoms with E-state index in [2.05, 4.69) is 15.6 Å². The Morgan fingerprint density at radius 1 is 1.03 bits per heavy atom. The third-order valence-electron chi connectivity index (χ3n) is 4.16. The molecule has 0 radical (unpaired) electrons. The molecule has 0 fully saturated rings. The largest absolute Gasteiger partial charge is 0.378 e. The normalized spacial score (nSPS) is 10.4. The van der Waals surface area contributed by atoms with Gasteiger partial charge in [-0.2, -0.15) is 0 Å². The summed E-state index contributed by atoms with van der Waals surface area (Å²) in [6.07, 6.45) is 0.494. The first-order valence-corrected chi connectivity index (χ1v) is 9.87. The van der Waals surface area contributed by atoms with Crippen LogP contribution in [0.3, 0.4) is 0 Å². The molecule has 1 heterocycles. The van der Waals surface area contributed by atoms with E-state index in [1.54, 1.807) is 24.3 Å². The Labute approximate surface area is 172 Å². The number of carbonyl (C=O) groups is 2. The van der Waals surface area contributed by atoms with Crippen LogP contribution < -0.4 is 15.5 Å². The Hall–Kier alpha value is -3.26. The molecule has 3 rings (SSSR count). The molecule has 0 saturated carbocycles. The number of amides is 2. The lowest BCUT2D eigenvalue weighted by Crippen LogP contribution is -2.36. The van der Waals surface area contributed by atoms with Gasteiger partial charge in [0.1, 0.15) is 10.8 Å². The predicted molar refractivity (Wildman–Crippen MR) is 114 cm³/mol. The lowest BCUT2D eigenvalue weighted by molar-refractivity contribution is -0.136. The summed E-state index contributed by atoms with van der Waals surface area (Å²) in [4.78, 5) is 30.4. The number of nitrogens with zero attached hydrogens (tertiary/aromatic N) is 2. The fourth-order valence-electron chi connectivity index (χ4n) is 2.56. The molecule has 0 aliphatic carbocycles. The van der Waals surface area contributed by atoms with E-state index >= 15 is 0 Å². The predicted octanol–water partition coefficient (Wildman–Crippen LogP) is 3.31. The minimum atomic E-state index is -0.715. The van der Waals surface area contributed by atoms with Crippen LogP contribution in [0.1, 0.15) is 5.69 Å². The number of hydrogen-bond acceptors (Lipinski definition) is 5. The third-order valence-corrected chi connectivity index (χ3v) is 5.10. The van der Waals surface area contributed by atoms with Crippen LogP contribution in [0.5, 0.6) is 0 Å². The van der Waals surface area contributed by atoms with Gasteiger partial charge in [0, 0.05) is 49.4 Å². The molecule has 0 atom stereocenters. The molecular weight excluding hydrogens is 391 g/mol. The van der Waals surface area contributed by atoms with Gasteiger partial charge < -0.3 is 15.5 Å². The summed E-state index contributed by atoms with van der Waals surface area (Å²) in [5.74, 6) is -1.70. The Kier molecular flexibility index (Phi) is 6.56. The number of thiazole rings is 1. The molecule has 2 amide bonds. The lowest BCUT2D eigenvalue weighted by atomic mass is 10.2. The van der Waals surface area contributed by atoms with E-state index in [-0.39, 0.29) is 5.82 Å². The van der Waals surface area contributed by atoms with Crippen LogP contribution in [-0.4, -0.2) is 37.4 Å². The van der Waals surface area contributed by atoms with Gasteiger partial charge >= 0.3 is 11.8 Å². The van der Waals surface area contributed by atoms with Crippen molar-refractivity contribution in [3.63, 3.8) is 0 Å². The van der Waals surface area contributed by atoms with Gasteiger partial charge in [0.15, 0.2) is 0 Å². The van der Waals surface area contributed by atoms with E-state index in [1.165, 1.54) is 23.5 Å². The van der Waals surface area contributed by atoms with E-state index in [1.807, 2.05) is 36.5 Å². The number of benzene rings is 2. The van der Waals surface area contributed by atoms with Gasteiger partial charge in [-0.3, -0.25) is 9.59 Å². The molecule has 150 valence electrons. The Morgan fingerprint density at radius 3 is 2.38 bits per heavy atom. The van der Waals surface area contributed by atoms with Gasteiger partial charge in [0.05, 0.1) is 5.69 Å². The Balaban J connectivity index is 1.47. The summed E-state index contributed by atoms with van der Waals surface area (Å²) in [7, 11) is 3.85. The van der Waals surface area contributed by atoms with Gasteiger partial charge in [-0.25, -0.2) is 9.37 Å². The maximum Gasteiger partial charge on any atom is 0.313 e. The average Bonchev–Trinajstić information content (AvgIpc) is 3.17. The number of hydrogen-bond donors (Lipinski definition) is 2. The second kappa shape index (κ2) is 9.29. The second-order valence-corrected chi connectivity index (χ2v) is 7.41. The highest BCUT2D eigenvalue weighted by atomic mass is 32.1. The highest BCUT2D eigenvalue weighted by molar-refractivity contribution is 7.13. The summed E-state index contributed by atoms with van der Waals surface area (Å²) in [6.45, 7) is 0.290. The molecule has 8 heteroatoms. The van der Waals surface area contributed by atoms with E-state index in [4.69, 9.17) is 0 Å². The number of carbonyl (C=O) groups excluding carboxylic acids is 2. The van der Waals surface area contributed by atoms with Crippen LogP contribution in [0.2, 0.25) is 0 Å². The maximum absolute atomic E-state index is 13.0. The first-order valence-electron chi connectivity index (χ1n) is 8.99. The van der Waals surface area contributed by atoms with Crippen molar-refractivity contribution in [1.82, 2.24) is 10.3 Å². The fourth-order valence-corrected chi connectivity index (χ4v) is 3.42. The number of rotatable bonds is 6. The van der Waals surface area contributed by atoms with Crippen molar-refractivity contribution in [2.45, 2.75) is 6.42 Å². The maximum atomic E-state index is 13.0. The van der Waals surface area contributed by atoms with Crippen LogP contribution >= 0.6 is 11.3 Å². The molecule has 6 nitrogen and oxygen atoms in total. The van der Waals surface area contributed by atoms with Crippen LogP contribution in [0.15, 0.2) is 53.9 Å². The van der Waals surface area contributed by atoms with Crippen molar-refractivity contribution in [2.24, 2.45) is 0 Å². The summed E-state index contributed by atoms with van der Waals surface area (Å²) in [5, 5.41) is 7.83. The molecular formula is C21H21FN4O2S. The van der Waals surface area contributed by atoms with Crippen molar-refractivity contribution in [2.75, 3.05) is 30.9 Å². The standard InChI is InChI=1S/C21H21FN4O2S/c1-26(2)18-9-7-16(8-10-18)24-20(28)19(27)23-12-11-17-13-29-21(25-17)14-3-5-15(22)6-4-14/h3-10,13H,11-12H2,1-2H3,(H,23,27)(H,24,28). The summed E-state index contributed by atoms with van der Waals surface area (Å²) in [5.41, 5.74) is 3.19. The molecule has 0 aliphatic rings. The van der Waals surface area contributed by atoms with Crippen molar-refractivity contribution in [3.05, 3.63) is 65.4 Å². The van der Waals surface area contributed by atoms with Crippen molar-refractivity contribution < 1.29 is 14.0 Å². The van der Waals surface area contributed by atoms with Crippen LogP contribution in [0.25, 0.3) is 10.6 Å². The highest BCUT2D eigenvalue weighted by Gasteiger charge is 2.13. The molecule has 0 aliphatic heterocycles. The SMILES string of the molecule is CN(C)c1ccc(NC(=O)C(=O)NCCc2csc(-c3ccc(F)cc3)n2)cc1. The van der Waals surface area contributed by atoms with Crippen LogP contribution in [0, 0.1) is 5.82 Å². The van der Waals surface area contributed by atoms with E-state index in [0.29, 0.717) is 18.7 Å². The van der Waals surface area contributed by atoms with Gasteiger partial charge in [0.25, 0.3) is 0 Å². The molecule has 0 spiro atoms. The zero-order valence-corrected chi connectivity index (χ0v) is 16.9. The van der Waals surface area contributed by atoms with Crippen molar-refractivity contribution >= 4 is 34.5 Å². The first-order chi connectivity index (χ1) is 13.9. The zero-order valence-electron chi connectivity index (χ0n) is 16.1. The minimum absolute atomic E-state index is 0.290. The molecule has 3 aromatic rings. The van der Waals surface area contributed by atoms with Gasteiger partial charge in [-0.15, -0.1) is 11.3 Å². The molecule has 29 heavy (non-hydrogen) atoms. The van der Waals surface area contributed by atoms with E-state index in [9.17, 15) is 14.0 Å². The molecule has 2 aromatic carbocycles. The number of anilines is 2. The summed E-state index contributed by atoms with van der Waals surface area (Å²) in [6, 6.07) is 13.3. The van der Waals surface area contributed by atoms with E-state index in [0.717, 1.165) is 22.0 Å². The minimum Gasteiger partial charge on any atom is -0.378 e. The highest BCUT2D eigenvalue weighted by Crippen LogP contribution is 2.24. The second-order valence-electron chi connectivity index (χ2n) is 6.55. The van der Waals surface area contributed by atoms with Crippen molar-refractivity contribution in [3.8, 4) is 10.6 Å². The molecule has 2 N–H and O–H groups in total. The van der Waals surface area contributed by atoms with Crippen molar-refractivity contribution in [1.29, 1.82) is 0 Å². The summed E-state index contributed by atoms with van der Waals surface area (Å²) >= 11 is 1.45. The smallest absolute Gasteiger partial charge is 0.313 e. The Bertz CT molecular complexity index is 985. The third kappa shape index (κ3) is 5.61. The first kappa shape index (κ1) is 20.5. The monoisotopic (exact) mass is 412 g/mol. The molecule has 1 aromatic heterocycles. The number of aromatic nitrogens is 1. The van der Waals surface area contributed by atoms with Crippen LogP contribution in [-0.2, 0) is 16.0 Å². The summed E-state index contributed by atoms with van der Waals surface area (Å²) < 4.78 is 13.0. The van der Waals surface area contributed by atoms with E-state index < -0.39 is 11.8 Å².